The quantitative estimate of drug-likeness (QED) is 0.156. The van der Waals surface area contributed by atoms with E-state index < -0.39 is 17.5 Å². The molecule has 0 amide bonds. The van der Waals surface area contributed by atoms with Crippen molar-refractivity contribution in [1.82, 2.24) is 4.98 Å². The van der Waals surface area contributed by atoms with E-state index in [-0.39, 0.29) is 11.5 Å². The lowest BCUT2D eigenvalue weighted by molar-refractivity contribution is -0.219. The minimum atomic E-state index is -0.767. The van der Waals surface area contributed by atoms with Crippen LogP contribution in [0.3, 0.4) is 0 Å². The predicted octanol–water partition coefficient (Wildman–Crippen LogP) is 9.96. The number of carboxylic acids is 1. The SMILES string of the molecule is C[C@H](CS[C@@H](CCc1ccccc1C(C)(C)OC1CCCCO1)c1cccc(C=Cc2ccc3ccc(Cl)cc3n2)c1)C(=O)O. The first-order chi connectivity index (χ1) is 21.7. The molecular formula is C38H42ClNO4S. The average Bonchev–Trinajstić information content (AvgIpc) is 3.04. The third-order valence-corrected chi connectivity index (χ3v) is 10.1. The van der Waals surface area contributed by atoms with Gasteiger partial charge in [-0.1, -0.05) is 85.3 Å². The summed E-state index contributed by atoms with van der Waals surface area (Å²) in [5.74, 6) is -0.654. The lowest BCUT2D eigenvalue weighted by atomic mass is 9.89. The van der Waals surface area contributed by atoms with Gasteiger partial charge in [0, 0.05) is 28.0 Å². The molecule has 5 rings (SSSR count). The molecule has 236 valence electrons. The molecule has 4 aromatic rings. The van der Waals surface area contributed by atoms with Gasteiger partial charge in [0.25, 0.3) is 0 Å². The van der Waals surface area contributed by atoms with Gasteiger partial charge >= 0.3 is 5.97 Å². The second-order valence-corrected chi connectivity index (χ2v) is 13.9. The molecule has 1 aromatic heterocycles. The lowest BCUT2D eigenvalue weighted by Crippen LogP contribution is -2.33. The third kappa shape index (κ3) is 9.20. The van der Waals surface area contributed by atoms with Crippen LogP contribution in [0.15, 0.2) is 78.9 Å². The van der Waals surface area contributed by atoms with Crippen LogP contribution in [0.2, 0.25) is 5.02 Å². The molecule has 2 heterocycles. The normalized spacial score (nSPS) is 17.0. The highest BCUT2D eigenvalue weighted by Crippen LogP contribution is 2.38. The number of hydrogen-bond donors (Lipinski definition) is 1. The fourth-order valence-corrected chi connectivity index (χ4v) is 7.18. The Hall–Kier alpha value is -3.16. The Morgan fingerprint density at radius 3 is 2.71 bits per heavy atom. The molecule has 0 radical (unpaired) electrons. The predicted molar refractivity (Wildman–Crippen MR) is 187 cm³/mol. The van der Waals surface area contributed by atoms with Crippen molar-refractivity contribution < 1.29 is 19.4 Å². The molecule has 3 aromatic carbocycles. The number of ether oxygens (including phenoxy) is 2. The number of fused-ring (bicyclic) bond motifs is 1. The smallest absolute Gasteiger partial charge is 0.307 e. The van der Waals surface area contributed by atoms with Crippen molar-refractivity contribution >= 4 is 52.4 Å². The van der Waals surface area contributed by atoms with E-state index in [9.17, 15) is 9.90 Å². The highest BCUT2D eigenvalue weighted by atomic mass is 35.5. The van der Waals surface area contributed by atoms with Crippen molar-refractivity contribution in [2.45, 2.75) is 70.0 Å². The molecule has 5 nitrogen and oxygen atoms in total. The molecule has 7 heteroatoms. The molecule has 1 fully saturated rings. The third-order valence-electron chi connectivity index (χ3n) is 8.28. The summed E-state index contributed by atoms with van der Waals surface area (Å²) in [7, 11) is 0. The Bertz CT molecular complexity index is 1630. The number of hydrogen-bond acceptors (Lipinski definition) is 5. The van der Waals surface area contributed by atoms with Crippen molar-refractivity contribution in [2.24, 2.45) is 5.92 Å². The number of aryl methyl sites for hydroxylation is 1. The summed E-state index contributed by atoms with van der Waals surface area (Å²) in [6, 6.07) is 26.8. The molecule has 0 aliphatic carbocycles. The summed E-state index contributed by atoms with van der Waals surface area (Å²) in [4.78, 5) is 16.4. The van der Waals surface area contributed by atoms with Gasteiger partial charge in [-0.15, -0.1) is 0 Å². The average molecular weight is 644 g/mol. The maximum Gasteiger partial charge on any atom is 0.307 e. The van der Waals surface area contributed by atoms with Crippen LogP contribution in [-0.4, -0.2) is 34.7 Å². The van der Waals surface area contributed by atoms with Crippen molar-refractivity contribution in [1.29, 1.82) is 0 Å². The summed E-state index contributed by atoms with van der Waals surface area (Å²) in [5, 5.41) is 11.4. The van der Waals surface area contributed by atoms with Gasteiger partial charge in [0.2, 0.25) is 0 Å². The molecule has 1 aliphatic rings. The molecule has 0 spiro atoms. The van der Waals surface area contributed by atoms with E-state index >= 15 is 0 Å². The zero-order valence-corrected chi connectivity index (χ0v) is 27.8. The fraction of sp³-hybridized carbons (Fsp3) is 0.368. The number of nitrogens with zero attached hydrogens (tertiary/aromatic N) is 1. The van der Waals surface area contributed by atoms with Crippen LogP contribution in [0, 0.1) is 5.92 Å². The van der Waals surface area contributed by atoms with E-state index in [1.807, 2.05) is 30.3 Å². The number of aliphatic carboxylic acids is 1. The van der Waals surface area contributed by atoms with Crippen molar-refractivity contribution in [2.75, 3.05) is 12.4 Å². The van der Waals surface area contributed by atoms with Gasteiger partial charge in [0.1, 0.15) is 0 Å². The second-order valence-electron chi connectivity index (χ2n) is 12.3. The van der Waals surface area contributed by atoms with Gasteiger partial charge in [0.05, 0.1) is 22.7 Å². The Labute approximate surface area is 276 Å². The monoisotopic (exact) mass is 643 g/mol. The van der Waals surface area contributed by atoms with Crippen molar-refractivity contribution in [3.8, 4) is 0 Å². The lowest BCUT2D eigenvalue weighted by Gasteiger charge is -2.34. The van der Waals surface area contributed by atoms with Crippen LogP contribution >= 0.6 is 23.4 Å². The van der Waals surface area contributed by atoms with E-state index in [1.54, 1.807) is 18.7 Å². The number of halogens is 1. The molecule has 0 bridgehead atoms. The van der Waals surface area contributed by atoms with Gasteiger partial charge in [-0.05, 0) is 92.5 Å². The number of aromatic nitrogens is 1. The van der Waals surface area contributed by atoms with Crippen LogP contribution in [0.1, 0.15) is 79.7 Å². The maximum atomic E-state index is 11.7. The molecular weight excluding hydrogens is 602 g/mol. The van der Waals surface area contributed by atoms with Gasteiger partial charge < -0.3 is 14.6 Å². The highest BCUT2D eigenvalue weighted by Gasteiger charge is 2.29. The van der Waals surface area contributed by atoms with Crippen molar-refractivity contribution in [3.63, 3.8) is 0 Å². The molecule has 3 atom stereocenters. The summed E-state index contributed by atoms with van der Waals surface area (Å²) in [6.07, 6.45) is 8.75. The summed E-state index contributed by atoms with van der Waals surface area (Å²) in [5.41, 5.74) is 5.89. The van der Waals surface area contributed by atoms with E-state index in [0.717, 1.165) is 60.9 Å². The number of carboxylic acid groups (broad SMARTS) is 1. The largest absolute Gasteiger partial charge is 0.481 e. The topological polar surface area (TPSA) is 68.7 Å². The van der Waals surface area contributed by atoms with E-state index in [0.29, 0.717) is 10.8 Å². The van der Waals surface area contributed by atoms with Crippen molar-refractivity contribution in [3.05, 3.63) is 112 Å². The first kappa shape index (κ1) is 33.2. The minimum absolute atomic E-state index is 0.125. The molecule has 1 unspecified atom stereocenters. The standard InChI is InChI=1S/C38H42ClNO4S/c1-26(37(41)42)25-45-35(21-17-28-10-4-5-12-33(28)38(2,3)44-36-13-6-7-22-43-36)30-11-8-9-27(23-30)14-19-32-20-16-29-15-18-31(39)24-34(29)40-32/h4-5,8-12,14-16,18-20,23-24,26,35-36H,6-7,13,17,21-22,25H2,1-3H3,(H,41,42)/t26-,35+,36?/m1/s1. The number of benzene rings is 3. The fourth-order valence-electron chi connectivity index (χ4n) is 5.73. The molecule has 45 heavy (non-hydrogen) atoms. The maximum absolute atomic E-state index is 11.7. The Morgan fingerprint density at radius 1 is 1.09 bits per heavy atom. The second kappa shape index (κ2) is 15.4. The number of pyridine rings is 1. The number of thioether (sulfide) groups is 1. The van der Waals surface area contributed by atoms with Crippen LogP contribution in [0.25, 0.3) is 23.1 Å². The van der Waals surface area contributed by atoms with Crippen LogP contribution in [-0.2, 0) is 26.3 Å². The zero-order chi connectivity index (χ0) is 31.8. The van der Waals surface area contributed by atoms with Gasteiger partial charge in [-0.3, -0.25) is 4.79 Å². The number of rotatable bonds is 13. The van der Waals surface area contributed by atoms with Gasteiger partial charge in [0.15, 0.2) is 6.29 Å². The summed E-state index contributed by atoms with van der Waals surface area (Å²) < 4.78 is 12.4. The summed E-state index contributed by atoms with van der Waals surface area (Å²) >= 11 is 7.90. The highest BCUT2D eigenvalue weighted by molar-refractivity contribution is 7.99. The first-order valence-electron chi connectivity index (χ1n) is 15.7. The Kier molecular flexibility index (Phi) is 11.4. The van der Waals surface area contributed by atoms with Crippen LogP contribution in [0.5, 0.6) is 0 Å². The summed E-state index contributed by atoms with van der Waals surface area (Å²) in [6.45, 7) is 6.77. The van der Waals surface area contributed by atoms with E-state index in [1.165, 1.54) is 16.7 Å². The van der Waals surface area contributed by atoms with E-state index in [4.69, 9.17) is 26.1 Å². The number of carbonyl (C=O) groups is 1. The van der Waals surface area contributed by atoms with Crippen LogP contribution in [0.4, 0.5) is 0 Å². The van der Waals surface area contributed by atoms with Gasteiger partial charge in [-0.25, -0.2) is 4.98 Å². The van der Waals surface area contributed by atoms with Crippen LogP contribution < -0.4 is 0 Å². The molecule has 1 saturated heterocycles. The Balaban J connectivity index is 1.35. The Morgan fingerprint density at radius 2 is 1.91 bits per heavy atom. The minimum Gasteiger partial charge on any atom is -0.481 e. The first-order valence-corrected chi connectivity index (χ1v) is 17.2. The van der Waals surface area contributed by atoms with E-state index in [2.05, 4.69) is 74.5 Å². The molecule has 1 aliphatic heterocycles. The zero-order valence-electron chi connectivity index (χ0n) is 26.2. The van der Waals surface area contributed by atoms with Gasteiger partial charge in [-0.2, -0.15) is 11.8 Å². The molecule has 0 saturated carbocycles. The molecule has 1 N–H and O–H groups in total.